The van der Waals surface area contributed by atoms with Gasteiger partial charge in [-0.05, 0) is 33.9 Å². The fourth-order valence-electron chi connectivity index (χ4n) is 4.42. The number of carboxylic acid groups (broad SMARTS) is 1. The fraction of sp³-hybridized carbons (Fsp3) is 0.192. The number of aliphatic carboxylic acids is 1. The lowest BCUT2D eigenvalue weighted by atomic mass is 9.87. The van der Waals surface area contributed by atoms with Crippen molar-refractivity contribution in [2.45, 2.75) is 24.3 Å². The first-order valence-electron chi connectivity index (χ1n) is 10.3. The van der Waals surface area contributed by atoms with Crippen LogP contribution in [0.3, 0.4) is 0 Å². The van der Waals surface area contributed by atoms with Crippen molar-refractivity contribution in [2.75, 3.05) is 6.61 Å². The number of rotatable bonds is 7. The van der Waals surface area contributed by atoms with Gasteiger partial charge in [0.15, 0.2) is 0 Å². The molecule has 0 spiro atoms. The quantitative estimate of drug-likeness (QED) is 0.556. The van der Waals surface area contributed by atoms with Crippen molar-refractivity contribution in [3.63, 3.8) is 0 Å². The lowest BCUT2D eigenvalue weighted by molar-refractivity contribution is -0.146. The minimum atomic E-state index is -1.12. The summed E-state index contributed by atoms with van der Waals surface area (Å²) in [5.41, 5.74) is 11.1. The molecule has 6 nitrogen and oxygen atoms in total. The maximum Gasteiger partial charge on any atom is 0.315 e. The molecule has 32 heavy (non-hydrogen) atoms. The second-order valence-electron chi connectivity index (χ2n) is 7.80. The molecule has 1 unspecified atom stereocenters. The van der Waals surface area contributed by atoms with Crippen LogP contribution in [0.25, 0.3) is 11.1 Å². The lowest BCUT2D eigenvalue weighted by Crippen LogP contribution is -2.37. The maximum atomic E-state index is 13.2. The predicted molar refractivity (Wildman–Crippen MR) is 119 cm³/mol. The molecule has 0 fully saturated rings. The normalized spacial score (nSPS) is 14.0. The molecular formula is C26H22N2O4. The van der Waals surface area contributed by atoms with E-state index in [1.807, 2.05) is 48.5 Å². The second-order valence-corrected chi connectivity index (χ2v) is 7.80. The average molecular weight is 426 g/mol. The summed E-state index contributed by atoms with van der Waals surface area (Å²) >= 11 is 0. The Morgan fingerprint density at radius 3 is 2.12 bits per heavy atom. The van der Waals surface area contributed by atoms with Gasteiger partial charge in [0, 0.05) is 12.0 Å². The van der Waals surface area contributed by atoms with Crippen molar-refractivity contribution in [3.05, 3.63) is 95.1 Å². The number of nitrogens with two attached hydrogens (primary N) is 1. The molecule has 0 saturated carbocycles. The predicted octanol–water partition coefficient (Wildman–Crippen LogP) is 3.80. The van der Waals surface area contributed by atoms with E-state index in [4.69, 9.17) is 10.5 Å². The van der Waals surface area contributed by atoms with Gasteiger partial charge < -0.3 is 15.6 Å². The lowest BCUT2D eigenvalue weighted by Gasteiger charge is -2.24. The van der Waals surface area contributed by atoms with Gasteiger partial charge in [-0.2, -0.15) is 5.26 Å². The van der Waals surface area contributed by atoms with E-state index < -0.39 is 30.3 Å². The van der Waals surface area contributed by atoms with Gasteiger partial charge in [0.25, 0.3) is 0 Å². The van der Waals surface area contributed by atoms with Crippen LogP contribution in [0, 0.1) is 11.3 Å². The monoisotopic (exact) mass is 426 g/mol. The third kappa shape index (κ3) is 3.98. The van der Waals surface area contributed by atoms with Crippen LogP contribution in [-0.2, 0) is 14.3 Å². The van der Waals surface area contributed by atoms with E-state index in [0.29, 0.717) is 5.56 Å². The molecule has 2 atom stereocenters. The zero-order valence-corrected chi connectivity index (χ0v) is 17.3. The molecule has 1 aliphatic rings. The summed E-state index contributed by atoms with van der Waals surface area (Å²) in [7, 11) is 0. The van der Waals surface area contributed by atoms with Crippen LogP contribution in [-0.4, -0.2) is 29.7 Å². The highest BCUT2D eigenvalue weighted by Gasteiger charge is 2.34. The molecule has 0 amide bonds. The van der Waals surface area contributed by atoms with E-state index >= 15 is 0 Å². The van der Waals surface area contributed by atoms with Crippen LogP contribution in [0.2, 0.25) is 0 Å². The molecule has 0 aliphatic heterocycles. The Labute approximate surface area is 185 Å². The molecule has 3 aromatic rings. The minimum Gasteiger partial charge on any atom is -0.481 e. The van der Waals surface area contributed by atoms with Crippen molar-refractivity contribution in [2.24, 2.45) is 5.73 Å². The zero-order chi connectivity index (χ0) is 22.7. The Morgan fingerprint density at radius 2 is 1.53 bits per heavy atom. The first-order valence-corrected chi connectivity index (χ1v) is 10.3. The number of ether oxygens (including phenoxy) is 1. The number of benzene rings is 3. The topological polar surface area (TPSA) is 113 Å². The summed E-state index contributed by atoms with van der Waals surface area (Å²) in [5, 5.41) is 18.7. The van der Waals surface area contributed by atoms with Crippen molar-refractivity contribution < 1.29 is 19.4 Å². The highest BCUT2D eigenvalue weighted by atomic mass is 16.5. The molecule has 0 radical (unpaired) electrons. The first-order chi connectivity index (χ1) is 15.5. The van der Waals surface area contributed by atoms with Crippen molar-refractivity contribution in [3.8, 4) is 17.2 Å². The number of carbonyl (C=O) groups is 2. The summed E-state index contributed by atoms with van der Waals surface area (Å²) in [5.74, 6) is -2.95. The summed E-state index contributed by atoms with van der Waals surface area (Å²) in [4.78, 5) is 24.5. The Bertz CT molecular complexity index is 1170. The maximum absolute atomic E-state index is 13.2. The van der Waals surface area contributed by atoms with Crippen LogP contribution in [0.1, 0.15) is 40.5 Å². The van der Waals surface area contributed by atoms with Gasteiger partial charge in [-0.1, -0.05) is 66.7 Å². The summed E-state index contributed by atoms with van der Waals surface area (Å²) in [6.45, 7) is 0.0951. The molecule has 4 rings (SSSR count). The van der Waals surface area contributed by atoms with Crippen molar-refractivity contribution in [1.82, 2.24) is 0 Å². The molecule has 0 saturated heterocycles. The van der Waals surface area contributed by atoms with Crippen molar-refractivity contribution >= 4 is 11.9 Å². The smallest absolute Gasteiger partial charge is 0.315 e. The first kappa shape index (κ1) is 21.3. The molecular weight excluding hydrogens is 404 g/mol. The van der Waals surface area contributed by atoms with Gasteiger partial charge in [-0.3, -0.25) is 9.59 Å². The average Bonchev–Trinajstić information content (AvgIpc) is 3.11. The number of carboxylic acids is 1. The highest BCUT2D eigenvalue weighted by Crippen LogP contribution is 2.44. The Hall–Kier alpha value is -3.95. The van der Waals surface area contributed by atoms with Gasteiger partial charge in [0.05, 0.1) is 24.0 Å². The highest BCUT2D eigenvalue weighted by molar-refractivity contribution is 5.82. The molecule has 0 bridgehead atoms. The SMILES string of the molecule is N#Cc1ccccc1C(C(=O)OCC1c2ccccc2-c2ccccc21)[C@H](N)CC(=O)O. The zero-order valence-electron chi connectivity index (χ0n) is 17.3. The van der Waals surface area contributed by atoms with E-state index in [0.717, 1.165) is 22.3 Å². The molecule has 6 heteroatoms. The Kier molecular flexibility index (Phi) is 6.02. The third-order valence-corrected chi connectivity index (χ3v) is 5.86. The van der Waals surface area contributed by atoms with Gasteiger partial charge in [-0.15, -0.1) is 0 Å². The van der Waals surface area contributed by atoms with Crippen molar-refractivity contribution in [1.29, 1.82) is 5.26 Å². The van der Waals surface area contributed by atoms with E-state index in [1.165, 1.54) is 0 Å². The molecule has 0 heterocycles. The number of esters is 1. The van der Waals surface area contributed by atoms with Crippen LogP contribution < -0.4 is 5.73 Å². The summed E-state index contributed by atoms with van der Waals surface area (Å²) in [6.07, 6.45) is -0.422. The molecule has 160 valence electrons. The van der Waals surface area contributed by atoms with Gasteiger partial charge in [0.1, 0.15) is 6.61 Å². The third-order valence-electron chi connectivity index (χ3n) is 5.86. The molecule has 0 aromatic heterocycles. The van der Waals surface area contributed by atoms with E-state index in [2.05, 4.69) is 6.07 Å². The van der Waals surface area contributed by atoms with E-state index in [-0.39, 0.29) is 18.1 Å². The van der Waals surface area contributed by atoms with E-state index in [1.54, 1.807) is 24.3 Å². The second kappa shape index (κ2) is 9.04. The molecule has 1 aliphatic carbocycles. The van der Waals surface area contributed by atoms with Gasteiger partial charge in [0.2, 0.25) is 0 Å². The van der Waals surface area contributed by atoms with Crippen LogP contribution >= 0.6 is 0 Å². The van der Waals surface area contributed by atoms with Crippen LogP contribution in [0.15, 0.2) is 72.8 Å². The summed E-state index contributed by atoms with van der Waals surface area (Å²) < 4.78 is 5.74. The number of hydrogen-bond acceptors (Lipinski definition) is 5. The van der Waals surface area contributed by atoms with Crippen LogP contribution in [0.4, 0.5) is 0 Å². The van der Waals surface area contributed by atoms with Crippen LogP contribution in [0.5, 0.6) is 0 Å². The number of nitriles is 1. The largest absolute Gasteiger partial charge is 0.481 e. The van der Waals surface area contributed by atoms with Gasteiger partial charge in [-0.25, -0.2) is 0 Å². The number of carbonyl (C=O) groups excluding carboxylic acids is 1. The fourth-order valence-corrected chi connectivity index (χ4v) is 4.42. The summed E-state index contributed by atoms with van der Waals surface area (Å²) in [6, 6.07) is 23.6. The number of fused-ring (bicyclic) bond motifs is 3. The van der Waals surface area contributed by atoms with Gasteiger partial charge >= 0.3 is 11.9 Å². The number of nitrogens with zero attached hydrogens (tertiary/aromatic N) is 1. The molecule has 3 aromatic carbocycles. The molecule has 3 N–H and O–H groups in total. The van der Waals surface area contributed by atoms with E-state index in [9.17, 15) is 20.0 Å². The Morgan fingerprint density at radius 1 is 0.969 bits per heavy atom. The standard InChI is InChI=1S/C26H22N2O4/c27-14-16-7-1-2-8-17(16)25(23(28)13-24(29)30)26(31)32-15-22-20-11-5-3-9-18(20)19-10-4-6-12-21(19)22/h1-12,22-23,25H,13,15,28H2,(H,29,30)/t23-,25?/m1/s1. The Balaban J connectivity index is 1.62. The number of hydrogen-bond donors (Lipinski definition) is 2. The minimum absolute atomic E-state index is 0.0951.